The number of benzene rings is 2. The van der Waals surface area contributed by atoms with Crippen molar-refractivity contribution in [2.24, 2.45) is 5.18 Å². The number of aromatic amines is 1. The van der Waals surface area contributed by atoms with Crippen molar-refractivity contribution in [3.05, 3.63) is 57.8 Å². The standard InChI is InChI=1S/C22H16ClN3O5/c1-10-14(9-27)20-19-12(7-23)8-26(15(19)6-16(28)21(20)24-10)22(29)18-5-11-4-13(25-30)2-3-17(11)31-18/h2-6,9,12,24,28H,7-8H2,1H3/t12-/m1/s1. The highest BCUT2D eigenvalue weighted by Crippen LogP contribution is 2.47. The summed E-state index contributed by atoms with van der Waals surface area (Å²) in [6, 6.07) is 7.68. The average molecular weight is 438 g/mol. The third kappa shape index (κ3) is 2.75. The van der Waals surface area contributed by atoms with Gasteiger partial charge in [0.25, 0.3) is 5.91 Å². The van der Waals surface area contributed by atoms with Gasteiger partial charge in [-0.15, -0.1) is 16.5 Å². The van der Waals surface area contributed by atoms with Crippen molar-refractivity contribution in [1.29, 1.82) is 0 Å². The van der Waals surface area contributed by atoms with E-state index in [4.69, 9.17) is 16.0 Å². The van der Waals surface area contributed by atoms with Crippen molar-refractivity contribution >= 4 is 57.0 Å². The lowest BCUT2D eigenvalue weighted by Gasteiger charge is -2.16. The summed E-state index contributed by atoms with van der Waals surface area (Å²) in [4.78, 5) is 40.4. The van der Waals surface area contributed by atoms with Gasteiger partial charge in [-0.1, -0.05) is 0 Å². The number of anilines is 1. The molecule has 5 rings (SSSR count). The molecular formula is C22H16ClN3O5. The van der Waals surface area contributed by atoms with Crippen molar-refractivity contribution in [3.63, 3.8) is 0 Å². The Morgan fingerprint density at radius 2 is 2.19 bits per heavy atom. The molecule has 0 bridgehead atoms. The molecule has 9 heteroatoms. The molecule has 2 aromatic carbocycles. The molecule has 0 saturated carbocycles. The van der Waals surface area contributed by atoms with Crippen LogP contribution < -0.4 is 4.90 Å². The second kappa shape index (κ2) is 6.95. The summed E-state index contributed by atoms with van der Waals surface area (Å²) in [5, 5.41) is 14.6. The Morgan fingerprint density at radius 1 is 1.39 bits per heavy atom. The zero-order valence-electron chi connectivity index (χ0n) is 16.3. The fourth-order valence-corrected chi connectivity index (χ4v) is 4.61. The van der Waals surface area contributed by atoms with Crippen molar-refractivity contribution < 1.29 is 19.1 Å². The Kier molecular flexibility index (Phi) is 4.33. The van der Waals surface area contributed by atoms with E-state index >= 15 is 0 Å². The number of nitrogens with zero attached hydrogens (tertiary/aromatic N) is 2. The van der Waals surface area contributed by atoms with Gasteiger partial charge in [0.05, 0.1) is 11.2 Å². The van der Waals surface area contributed by atoms with E-state index in [1.807, 2.05) is 0 Å². The van der Waals surface area contributed by atoms with Gasteiger partial charge in [-0.3, -0.25) is 9.59 Å². The average Bonchev–Trinajstić information content (AvgIpc) is 3.45. The third-order valence-corrected chi connectivity index (χ3v) is 6.15. The Labute approximate surface area is 180 Å². The Hall–Kier alpha value is -3.65. The maximum atomic E-state index is 13.3. The van der Waals surface area contributed by atoms with Gasteiger partial charge < -0.3 is 19.4 Å². The van der Waals surface area contributed by atoms with Crippen molar-refractivity contribution in [1.82, 2.24) is 4.98 Å². The number of phenols is 1. The Bertz CT molecular complexity index is 1400. The third-order valence-electron chi connectivity index (χ3n) is 5.78. The lowest BCUT2D eigenvalue weighted by atomic mass is 9.96. The van der Waals surface area contributed by atoms with Crippen LogP contribution in [0.2, 0.25) is 0 Å². The lowest BCUT2D eigenvalue weighted by molar-refractivity contribution is 0.0963. The van der Waals surface area contributed by atoms with E-state index in [1.165, 1.54) is 23.1 Å². The van der Waals surface area contributed by atoms with E-state index in [1.54, 1.807) is 19.1 Å². The summed E-state index contributed by atoms with van der Waals surface area (Å²) in [5.41, 5.74) is 3.42. The highest BCUT2D eigenvalue weighted by molar-refractivity contribution is 6.19. The molecule has 2 aromatic heterocycles. The van der Waals surface area contributed by atoms with Gasteiger partial charge in [-0.2, -0.15) is 0 Å². The number of furan rings is 1. The summed E-state index contributed by atoms with van der Waals surface area (Å²) in [7, 11) is 0. The number of hydrogen-bond donors (Lipinski definition) is 2. The first-order chi connectivity index (χ1) is 15.0. The summed E-state index contributed by atoms with van der Waals surface area (Å²) in [5.74, 6) is -0.394. The molecule has 0 aliphatic carbocycles. The second-order valence-corrected chi connectivity index (χ2v) is 7.86. The minimum atomic E-state index is -0.413. The van der Waals surface area contributed by atoms with Gasteiger partial charge >= 0.3 is 0 Å². The van der Waals surface area contributed by atoms with Crippen LogP contribution in [0.1, 0.15) is 38.1 Å². The zero-order chi connectivity index (χ0) is 21.9. The molecule has 3 heterocycles. The quantitative estimate of drug-likeness (QED) is 0.261. The summed E-state index contributed by atoms with van der Waals surface area (Å²) >= 11 is 6.23. The minimum Gasteiger partial charge on any atom is -0.506 e. The van der Waals surface area contributed by atoms with Gasteiger partial charge in [-0.05, 0) is 41.9 Å². The number of halogens is 1. The maximum absolute atomic E-state index is 13.3. The molecule has 31 heavy (non-hydrogen) atoms. The zero-order valence-corrected chi connectivity index (χ0v) is 17.1. The van der Waals surface area contributed by atoms with E-state index in [0.717, 1.165) is 11.8 Å². The summed E-state index contributed by atoms with van der Waals surface area (Å²) in [6.07, 6.45) is 0.738. The predicted molar refractivity (Wildman–Crippen MR) is 117 cm³/mol. The molecule has 2 N–H and O–H groups in total. The molecular weight excluding hydrogens is 422 g/mol. The van der Waals surface area contributed by atoms with E-state index < -0.39 is 5.91 Å². The molecule has 0 radical (unpaired) electrons. The van der Waals surface area contributed by atoms with Gasteiger partial charge in [-0.25, -0.2) is 0 Å². The highest BCUT2D eigenvalue weighted by Gasteiger charge is 2.37. The molecule has 1 atom stereocenters. The Morgan fingerprint density at radius 3 is 2.90 bits per heavy atom. The number of carbonyl (C=O) groups is 2. The molecule has 8 nitrogen and oxygen atoms in total. The number of alkyl halides is 1. The molecule has 0 spiro atoms. The molecule has 0 saturated heterocycles. The number of aromatic nitrogens is 1. The fraction of sp³-hybridized carbons (Fsp3) is 0.182. The molecule has 1 amide bonds. The van der Waals surface area contributed by atoms with Crippen molar-refractivity contribution in [2.75, 3.05) is 17.3 Å². The van der Waals surface area contributed by atoms with E-state index in [9.17, 15) is 19.6 Å². The number of nitroso groups, excluding NO2 is 1. The van der Waals surface area contributed by atoms with E-state index in [-0.39, 0.29) is 35.5 Å². The van der Waals surface area contributed by atoms with Crippen molar-refractivity contribution in [3.8, 4) is 5.75 Å². The fourth-order valence-electron chi connectivity index (χ4n) is 4.36. The van der Waals surface area contributed by atoms with Gasteiger partial charge in [0.15, 0.2) is 12.0 Å². The number of aryl methyl sites for hydroxylation is 1. The van der Waals surface area contributed by atoms with Gasteiger partial charge in [0.1, 0.15) is 17.0 Å². The maximum Gasteiger partial charge on any atom is 0.294 e. The predicted octanol–water partition coefficient (Wildman–Crippen LogP) is 5.12. The highest BCUT2D eigenvalue weighted by atomic mass is 35.5. The van der Waals surface area contributed by atoms with E-state index in [0.29, 0.717) is 38.8 Å². The number of carbonyl (C=O) groups excluding carboxylic acids is 2. The normalized spacial score (nSPS) is 15.5. The number of nitrogens with one attached hydrogen (secondary N) is 1. The largest absolute Gasteiger partial charge is 0.506 e. The summed E-state index contributed by atoms with van der Waals surface area (Å²) < 4.78 is 5.70. The minimum absolute atomic E-state index is 0.0655. The van der Waals surface area contributed by atoms with Crippen LogP contribution in [0, 0.1) is 11.8 Å². The van der Waals surface area contributed by atoms with Gasteiger partial charge in [0, 0.05) is 46.4 Å². The first-order valence-corrected chi connectivity index (χ1v) is 10.1. The molecule has 0 unspecified atom stereocenters. The number of aromatic hydroxyl groups is 1. The number of fused-ring (bicyclic) bond motifs is 4. The van der Waals surface area contributed by atoms with Crippen LogP contribution in [-0.4, -0.2) is 34.7 Å². The Balaban J connectivity index is 1.67. The van der Waals surface area contributed by atoms with Crippen LogP contribution in [0.5, 0.6) is 5.75 Å². The molecule has 4 aromatic rings. The van der Waals surface area contributed by atoms with Crippen LogP contribution in [0.3, 0.4) is 0 Å². The smallest absolute Gasteiger partial charge is 0.294 e. The lowest BCUT2D eigenvalue weighted by Crippen LogP contribution is -2.29. The SMILES string of the molecule is Cc1[nH]c2c(O)cc3c(c2c1C=O)[C@H](CCl)CN3C(=O)c1cc2cc(N=O)ccc2o1. The van der Waals surface area contributed by atoms with Crippen LogP contribution in [0.25, 0.3) is 21.9 Å². The van der Waals surface area contributed by atoms with Crippen LogP contribution >= 0.6 is 11.6 Å². The number of H-pyrrole nitrogens is 1. The molecule has 0 fully saturated rings. The van der Waals surface area contributed by atoms with Crippen molar-refractivity contribution in [2.45, 2.75) is 12.8 Å². The number of amides is 1. The van der Waals surface area contributed by atoms with Crippen LogP contribution in [0.15, 0.2) is 39.9 Å². The van der Waals surface area contributed by atoms with E-state index in [2.05, 4.69) is 10.2 Å². The molecule has 156 valence electrons. The monoisotopic (exact) mass is 437 g/mol. The molecule has 1 aliphatic rings. The first kappa shape index (κ1) is 19.3. The topological polar surface area (TPSA) is 116 Å². The first-order valence-electron chi connectivity index (χ1n) is 9.55. The number of phenolic OH excluding ortho intramolecular Hbond substituents is 1. The van der Waals surface area contributed by atoms with Crippen LogP contribution in [0.4, 0.5) is 11.4 Å². The molecule has 1 aliphatic heterocycles. The number of rotatable bonds is 4. The van der Waals surface area contributed by atoms with Crippen LogP contribution in [-0.2, 0) is 0 Å². The van der Waals surface area contributed by atoms with Gasteiger partial charge in [0.2, 0.25) is 0 Å². The number of hydrogen-bond acceptors (Lipinski definition) is 6. The number of aldehydes is 1. The summed E-state index contributed by atoms with van der Waals surface area (Å²) in [6.45, 7) is 2.02. The second-order valence-electron chi connectivity index (χ2n) is 7.55.